The summed E-state index contributed by atoms with van der Waals surface area (Å²) in [6.45, 7) is 0.0950. The Hall–Kier alpha value is -3.83. The van der Waals surface area contributed by atoms with Gasteiger partial charge >= 0.3 is 0 Å². The highest BCUT2D eigenvalue weighted by atomic mass is 35.5. The fourth-order valence-corrected chi connectivity index (χ4v) is 4.41. The molecule has 0 aliphatic carbocycles. The van der Waals surface area contributed by atoms with Gasteiger partial charge in [0.1, 0.15) is 11.5 Å². The van der Waals surface area contributed by atoms with Crippen molar-refractivity contribution in [1.29, 1.82) is 0 Å². The van der Waals surface area contributed by atoms with Gasteiger partial charge in [-0.2, -0.15) is 0 Å². The second-order valence-electron chi connectivity index (χ2n) is 7.59. The molecule has 1 aromatic heterocycles. The summed E-state index contributed by atoms with van der Waals surface area (Å²) in [4.78, 5) is 27.8. The molecule has 4 aromatic rings. The molecular formula is C26H18ClNO4. The van der Waals surface area contributed by atoms with Gasteiger partial charge in [-0.3, -0.25) is 9.59 Å². The number of hydrogen-bond acceptors (Lipinski definition) is 4. The maximum atomic E-state index is 13.2. The molecule has 0 saturated carbocycles. The first-order valence-electron chi connectivity index (χ1n) is 10.1. The molecule has 1 aliphatic rings. The number of hydrogen-bond donors (Lipinski definition) is 1. The number of carbonyl (C=O) groups excluding carboxylic acids is 2. The molecule has 1 unspecified atom stereocenters. The molecule has 1 fully saturated rings. The normalized spacial score (nSPS) is 17.9. The molecule has 158 valence electrons. The van der Waals surface area contributed by atoms with E-state index in [0.717, 1.165) is 16.3 Å². The van der Waals surface area contributed by atoms with Crippen molar-refractivity contribution in [3.05, 3.63) is 113 Å². The summed E-state index contributed by atoms with van der Waals surface area (Å²) in [6.07, 6.45) is 1.52. The number of likely N-dealkylation sites (tertiary alicyclic amines) is 1. The van der Waals surface area contributed by atoms with E-state index in [1.54, 1.807) is 36.4 Å². The number of aliphatic hydroxyl groups is 1. The van der Waals surface area contributed by atoms with E-state index in [1.807, 2.05) is 42.5 Å². The number of halogens is 1. The van der Waals surface area contributed by atoms with Crippen LogP contribution in [0.2, 0.25) is 5.02 Å². The van der Waals surface area contributed by atoms with Gasteiger partial charge in [0.25, 0.3) is 11.7 Å². The Balaban J connectivity index is 1.75. The second kappa shape index (κ2) is 8.02. The first-order chi connectivity index (χ1) is 15.5. The summed E-state index contributed by atoms with van der Waals surface area (Å²) in [5, 5.41) is 13.5. The maximum absolute atomic E-state index is 13.2. The van der Waals surface area contributed by atoms with Crippen LogP contribution in [0.5, 0.6) is 0 Å². The fraction of sp³-hybridized carbons (Fsp3) is 0.0769. The number of amides is 1. The summed E-state index contributed by atoms with van der Waals surface area (Å²) in [5.74, 6) is -1.15. The van der Waals surface area contributed by atoms with Gasteiger partial charge in [-0.1, -0.05) is 66.2 Å². The quantitative estimate of drug-likeness (QED) is 0.249. The summed E-state index contributed by atoms with van der Waals surface area (Å²) in [6, 6.07) is 22.7. The molecule has 0 bridgehead atoms. The zero-order valence-electron chi connectivity index (χ0n) is 16.9. The van der Waals surface area contributed by atoms with E-state index in [9.17, 15) is 14.7 Å². The Morgan fingerprint density at radius 2 is 1.75 bits per heavy atom. The van der Waals surface area contributed by atoms with E-state index < -0.39 is 17.7 Å². The minimum absolute atomic E-state index is 0.0279. The van der Waals surface area contributed by atoms with Crippen molar-refractivity contribution in [3.8, 4) is 0 Å². The average Bonchev–Trinajstić information content (AvgIpc) is 3.41. The van der Waals surface area contributed by atoms with Gasteiger partial charge in [-0.25, -0.2) is 0 Å². The van der Waals surface area contributed by atoms with Gasteiger partial charge in [0, 0.05) is 10.6 Å². The molecule has 1 amide bonds. The first-order valence-corrected chi connectivity index (χ1v) is 10.5. The summed E-state index contributed by atoms with van der Waals surface area (Å²) in [5.41, 5.74) is 1.15. The lowest BCUT2D eigenvalue weighted by molar-refractivity contribution is -0.140. The second-order valence-corrected chi connectivity index (χ2v) is 8.02. The minimum Gasteiger partial charge on any atom is -0.507 e. The molecule has 1 N–H and O–H groups in total. The number of aliphatic hydroxyl groups excluding tert-OH is 1. The van der Waals surface area contributed by atoms with Gasteiger partial charge in [0.05, 0.1) is 24.4 Å². The Kier molecular flexibility index (Phi) is 5.04. The predicted molar refractivity (Wildman–Crippen MR) is 122 cm³/mol. The standard InChI is InChI=1S/C26H18ClNO4/c27-18-9-3-8-17(14-18)24(29)22-23(21-12-4-7-16-6-1-2-11-20(16)21)28(26(31)25(22)30)15-19-10-5-13-32-19/h1-14,23,29H,15H2/b24-22-. The number of benzene rings is 3. The Morgan fingerprint density at radius 1 is 0.969 bits per heavy atom. The summed E-state index contributed by atoms with van der Waals surface area (Å²) >= 11 is 6.11. The molecule has 1 saturated heterocycles. The average molecular weight is 444 g/mol. The van der Waals surface area contributed by atoms with E-state index >= 15 is 0 Å². The molecule has 0 spiro atoms. The molecule has 0 radical (unpaired) electrons. The molecule has 5 nitrogen and oxygen atoms in total. The number of nitrogens with zero attached hydrogens (tertiary/aromatic N) is 1. The van der Waals surface area contributed by atoms with Crippen LogP contribution in [0.3, 0.4) is 0 Å². The van der Waals surface area contributed by atoms with Crippen LogP contribution in [0.25, 0.3) is 16.5 Å². The minimum atomic E-state index is -0.787. The Labute approximate surface area is 189 Å². The third-order valence-corrected chi connectivity index (χ3v) is 5.90. The van der Waals surface area contributed by atoms with Crippen molar-refractivity contribution >= 4 is 39.8 Å². The third kappa shape index (κ3) is 3.37. The molecule has 1 atom stereocenters. The predicted octanol–water partition coefficient (Wildman–Crippen LogP) is 5.71. The Bertz CT molecular complexity index is 1370. The molecule has 1 aliphatic heterocycles. The topological polar surface area (TPSA) is 70.8 Å². The van der Waals surface area contributed by atoms with Crippen molar-refractivity contribution in [2.24, 2.45) is 0 Å². The van der Waals surface area contributed by atoms with Crippen LogP contribution in [0.1, 0.15) is 22.9 Å². The van der Waals surface area contributed by atoms with Crippen molar-refractivity contribution in [1.82, 2.24) is 4.90 Å². The number of fused-ring (bicyclic) bond motifs is 1. The van der Waals surface area contributed by atoms with Crippen molar-refractivity contribution in [2.45, 2.75) is 12.6 Å². The van der Waals surface area contributed by atoms with E-state index in [0.29, 0.717) is 16.3 Å². The lowest BCUT2D eigenvalue weighted by atomic mass is 9.91. The summed E-state index contributed by atoms with van der Waals surface area (Å²) in [7, 11) is 0. The zero-order valence-corrected chi connectivity index (χ0v) is 17.6. The zero-order chi connectivity index (χ0) is 22.2. The monoisotopic (exact) mass is 443 g/mol. The van der Waals surface area contributed by atoms with Gasteiger partial charge in [-0.05, 0) is 40.6 Å². The van der Waals surface area contributed by atoms with E-state index in [4.69, 9.17) is 16.0 Å². The Morgan fingerprint density at radius 3 is 2.53 bits per heavy atom. The first kappa shape index (κ1) is 20.1. The van der Waals surface area contributed by atoms with Gasteiger partial charge in [0.15, 0.2) is 0 Å². The van der Waals surface area contributed by atoms with Crippen LogP contribution in [0.15, 0.2) is 95.1 Å². The fourth-order valence-electron chi connectivity index (χ4n) is 4.22. The molecule has 2 heterocycles. The van der Waals surface area contributed by atoms with Crippen molar-refractivity contribution in [3.63, 3.8) is 0 Å². The number of Topliss-reactive ketones (excluding diaryl/α,β-unsaturated/α-hetero) is 1. The lowest BCUT2D eigenvalue weighted by Crippen LogP contribution is -2.29. The lowest BCUT2D eigenvalue weighted by Gasteiger charge is -2.25. The van der Waals surface area contributed by atoms with Crippen LogP contribution in [-0.2, 0) is 16.1 Å². The molecular weight excluding hydrogens is 426 g/mol. The molecule has 5 rings (SSSR count). The smallest absolute Gasteiger partial charge is 0.296 e. The van der Waals surface area contributed by atoms with Crippen LogP contribution in [0, 0.1) is 0 Å². The number of furan rings is 1. The summed E-state index contributed by atoms with van der Waals surface area (Å²) < 4.78 is 5.45. The number of rotatable bonds is 4. The molecule has 6 heteroatoms. The number of ketones is 1. The van der Waals surface area contributed by atoms with E-state index in [2.05, 4.69) is 0 Å². The van der Waals surface area contributed by atoms with Gasteiger partial charge in [0.2, 0.25) is 0 Å². The van der Waals surface area contributed by atoms with Crippen LogP contribution in [-0.4, -0.2) is 21.7 Å². The SMILES string of the molecule is O=C1C(=O)N(Cc2ccco2)C(c2cccc3ccccc23)/C1=C(/O)c1cccc(Cl)c1. The van der Waals surface area contributed by atoms with E-state index in [1.165, 1.54) is 11.2 Å². The largest absolute Gasteiger partial charge is 0.507 e. The van der Waals surface area contributed by atoms with E-state index in [-0.39, 0.29) is 17.9 Å². The highest BCUT2D eigenvalue weighted by molar-refractivity contribution is 6.46. The van der Waals surface area contributed by atoms with Crippen LogP contribution < -0.4 is 0 Å². The van der Waals surface area contributed by atoms with Crippen LogP contribution >= 0.6 is 11.6 Å². The van der Waals surface area contributed by atoms with Gasteiger partial charge < -0.3 is 14.4 Å². The van der Waals surface area contributed by atoms with Crippen LogP contribution in [0.4, 0.5) is 0 Å². The van der Waals surface area contributed by atoms with Crippen molar-refractivity contribution < 1.29 is 19.1 Å². The number of carbonyl (C=O) groups is 2. The van der Waals surface area contributed by atoms with Crippen molar-refractivity contribution in [2.75, 3.05) is 0 Å². The highest BCUT2D eigenvalue weighted by Crippen LogP contribution is 2.42. The highest BCUT2D eigenvalue weighted by Gasteiger charge is 2.46. The molecule has 32 heavy (non-hydrogen) atoms. The maximum Gasteiger partial charge on any atom is 0.296 e. The molecule has 3 aromatic carbocycles. The van der Waals surface area contributed by atoms with Gasteiger partial charge in [-0.15, -0.1) is 0 Å². The third-order valence-electron chi connectivity index (χ3n) is 5.66.